The first-order valence-electron chi connectivity index (χ1n) is 8.78. The van der Waals surface area contributed by atoms with Crippen molar-refractivity contribution < 1.29 is 9.47 Å². The largest absolute Gasteiger partial charge is 0.490 e. The molecular weight excluding hydrogens is 328 g/mol. The zero-order valence-corrected chi connectivity index (χ0v) is 15.2. The van der Waals surface area contributed by atoms with E-state index in [0.717, 1.165) is 29.8 Å². The number of benzene rings is 1. The highest BCUT2D eigenvalue weighted by molar-refractivity contribution is 5.42. The number of rotatable bonds is 9. The highest BCUT2D eigenvalue weighted by Gasteiger charge is 2.10. The molecule has 136 valence electrons. The number of aromatic nitrogens is 3. The molecule has 0 radical (unpaired) electrons. The predicted octanol–water partition coefficient (Wildman–Crippen LogP) is 3.69. The van der Waals surface area contributed by atoms with E-state index in [1.807, 2.05) is 55.8 Å². The van der Waals surface area contributed by atoms with Gasteiger partial charge in [-0.05, 0) is 24.6 Å². The summed E-state index contributed by atoms with van der Waals surface area (Å²) < 4.78 is 13.6. The predicted molar refractivity (Wildman–Crippen MR) is 100 cm³/mol. The second-order valence-corrected chi connectivity index (χ2v) is 5.99. The molecule has 0 amide bonds. The molecule has 0 atom stereocenters. The summed E-state index contributed by atoms with van der Waals surface area (Å²) in [6.07, 6.45) is 6.53. The third kappa shape index (κ3) is 4.83. The third-order valence-corrected chi connectivity index (χ3v) is 3.77. The first-order valence-corrected chi connectivity index (χ1v) is 8.78. The van der Waals surface area contributed by atoms with E-state index in [-0.39, 0.29) is 0 Å². The molecule has 0 unspecified atom stereocenters. The molecule has 0 aliphatic carbocycles. The van der Waals surface area contributed by atoms with E-state index in [0.29, 0.717) is 24.8 Å². The van der Waals surface area contributed by atoms with Crippen LogP contribution in [-0.2, 0) is 20.1 Å². The van der Waals surface area contributed by atoms with Gasteiger partial charge in [0.2, 0.25) is 5.88 Å². The molecule has 0 saturated heterocycles. The average Bonchev–Trinajstić information content (AvgIpc) is 3.07. The van der Waals surface area contributed by atoms with Crippen molar-refractivity contribution in [2.24, 2.45) is 7.05 Å². The molecule has 3 aromatic rings. The fourth-order valence-electron chi connectivity index (χ4n) is 2.53. The van der Waals surface area contributed by atoms with Crippen LogP contribution in [0.2, 0.25) is 0 Å². The van der Waals surface area contributed by atoms with Crippen molar-refractivity contribution in [2.75, 3.05) is 6.61 Å². The summed E-state index contributed by atoms with van der Waals surface area (Å²) in [6, 6.07) is 11.6. The molecule has 0 bridgehead atoms. The molecule has 2 aromatic heterocycles. The summed E-state index contributed by atoms with van der Waals surface area (Å²) in [4.78, 5) is 4.39. The first-order chi connectivity index (χ1) is 12.8. The lowest BCUT2D eigenvalue weighted by atomic mass is 10.2. The fourth-order valence-corrected chi connectivity index (χ4v) is 2.53. The number of nitrogens with zero attached hydrogens (tertiary/aromatic N) is 3. The summed E-state index contributed by atoms with van der Waals surface area (Å²) in [5.74, 6) is 1.99. The van der Waals surface area contributed by atoms with Crippen molar-refractivity contribution in [3.8, 4) is 17.4 Å². The zero-order chi connectivity index (χ0) is 18.2. The third-order valence-electron chi connectivity index (χ3n) is 3.77. The quantitative estimate of drug-likeness (QED) is 0.636. The molecule has 3 rings (SSSR count). The maximum atomic E-state index is 6.05. The van der Waals surface area contributed by atoms with Crippen LogP contribution in [0, 0.1) is 0 Å². The Morgan fingerprint density at radius 1 is 1.08 bits per heavy atom. The Labute approximate surface area is 153 Å². The van der Waals surface area contributed by atoms with Crippen molar-refractivity contribution >= 4 is 0 Å². The number of ether oxygens (including phenoxy) is 2. The number of para-hydroxylation sites is 2. The first kappa shape index (κ1) is 17.9. The number of aryl methyl sites for hydroxylation is 1. The lowest BCUT2D eigenvalue weighted by Gasteiger charge is -2.14. The Morgan fingerprint density at radius 3 is 2.69 bits per heavy atom. The molecule has 0 aliphatic rings. The summed E-state index contributed by atoms with van der Waals surface area (Å²) in [5, 5.41) is 7.58. The van der Waals surface area contributed by atoms with E-state index in [1.54, 1.807) is 10.9 Å². The maximum Gasteiger partial charge on any atom is 0.223 e. The number of hydrogen-bond donors (Lipinski definition) is 1. The van der Waals surface area contributed by atoms with Gasteiger partial charge in [-0.2, -0.15) is 5.10 Å². The van der Waals surface area contributed by atoms with Gasteiger partial charge in [0.15, 0.2) is 11.5 Å². The molecule has 0 spiro atoms. The van der Waals surface area contributed by atoms with Crippen molar-refractivity contribution in [1.29, 1.82) is 0 Å². The maximum absolute atomic E-state index is 6.05. The van der Waals surface area contributed by atoms with Crippen LogP contribution in [0.1, 0.15) is 24.5 Å². The normalized spacial score (nSPS) is 10.7. The topological polar surface area (TPSA) is 61.2 Å². The minimum atomic E-state index is 0.582. The van der Waals surface area contributed by atoms with Crippen LogP contribution in [-0.4, -0.2) is 21.4 Å². The molecule has 6 nitrogen and oxygen atoms in total. The minimum Gasteiger partial charge on any atom is -0.490 e. The van der Waals surface area contributed by atoms with Gasteiger partial charge in [-0.3, -0.25) is 4.68 Å². The summed E-state index contributed by atoms with van der Waals surface area (Å²) in [6.45, 7) is 4.12. The van der Waals surface area contributed by atoms with Gasteiger partial charge < -0.3 is 14.8 Å². The van der Waals surface area contributed by atoms with Crippen molar-refractivity contribution in [1.82, 2.24) is 20.1 Å². The van der Waals surface area contributed by atoms with Crippen LogP contribution in [0.25, 0.3) is 0 Å². The highest BCUT2D eigenvalue weighted by Crippen LogP contribution is 2.31. The Hall–Kier alpha value is -2.86. The van der Waals surface area contributed by atoms with Gasteiger partial charge >= 0.3 is 0 Å². The summed E-state index contributed by atoms with van der Waals surface area (Å²) >= 11 is 0. The van der Waals surface area contributed by atoms with E-state index < -0.39 is 0 Å². The van der Waals surface area contributed by atoms with Crippen molar-refractivity contribution in [2.45, 2.75) is 26.4 Å². The SMILES string of the molecule is CCCOc1ccccc1Oc1ncccc1CNCc1cnn(C)c1. The van der Waals surface area contributed by atoms with Crippen molar-refractivity contribution in [3.05, 3.63) is 66.1 Å². The zero-order valence-electron chi connectivity index (χ0n) is 15.2. The molecule has 26 heavy (non-hydrogen) atoms. The fraction of sp³-hybridized carbons (Fsp3) is 0.300. The van der Waals surface area contributed by atoms with Gasteiger partial charge in [-0.1, -0.05) is 25.1 Å². The molecule has 1 aromatic carbocycles. The van der Waals surface area contributed by atoms with Crippen LogP contribution in [0.5, 0.6) is 17.4 Å². The van der Waals surface area contributed by atoms with Gasteiger partial charge in [-0.25, -0.2) is 4.98 Å². The van der Waals surface area contributed by atoms with Crippen LogP contribution in [0.3, 0.4) is 0 Å². The lowest BCUT2D eigenvalue weighted by Crippen LogP contribution is -2.13. The Morgan fingerprint density at radius 2 is 1.92 bits per heavy atom. The Bertz CT molecular complexity index is 832. The molecule has 2 heterocycles. The lowest BCUT2D eigenvalue weighted by molar-refractivity contribution is 0.300. The highest BCUT2D eigenvalue weighted by atomic mass is 16.5. The minimum absolute atomic E-state index is 0.582. The second kappa shape index (κ2) is 9.01. The van der Waals surface area contributed by atoms with Crippen LogP contribution >= 0.6 is 0 Å². The Balaban J connectivity index is 1.67. The van der Waals surface area contributed by atoms with Gasteiger partial charge in [0.25, 0.3) is 0 Å². The van der Waals surface area contributed by atoms with Gasteiger partial charge in [0.05, 0.1) is 12.8 Å². The second-order valence-electron chi connectivity index (χ2n) is 5.99. The molecule has 1 N–H and O–H groups in total. The van der Waals surface area contributed by atoms with Gasteiger partial charge in [-0.15, -0.1) is 0 Å². The van der Waals surface area contributed by atoms with Crippen LogP contribution in [0.4, 0.5) is 0 Å². The van der Waals surface area contributed by atoms with E-state index in [4.69, 9.17) is 9.47 Å². The average molecular weight is 352 g/mol. The Kier molecular flexibility index (Phi) is 6.22. The number of nitrogens with one attached hydrogen (secondary N) is 1. The standard InChI is InChI=1S/C20H24N4O2/c1-3-11-25-18-8-4-5-9-19(18)26-20-17(7-6-10-22-20)14-21-12-16-13-23-24(2)15-16/h4-10,13,15,21H,3,11-12,14H2,1-2H3. The van der Waals surface area contributed by atoms with Crippen LogP contribution < -0.4 is 14.8 Å². The van der Waals surface area contributed by atoms with Crippen molar-refractivity contribution in [3.63, 3.8) is 0 Å². The van der Waals surface area contributed by atoms with E-state index in [1.165, 1.54) is 0 Å². The smallest absolute Gasteiger partial charge is 0.223 e. The van der Waals surface area contributed by atoms with Gasteiger partial charge in [0.1, 0.15) is 0 Å². The number of hydrogen-bond acceptors (Lipinski definition) is 5. The van der Waals surface area contributed by atoms with E-state index >= 15 is 0 Å². The number of pyridine rings is 1. The van der Waals surface area contributed by atoms with E-state index in [9.17, 15) is 0 Å². The van der Waals surface area contributed by atoms with E-state index in [2.05, 4.69) is 22.3 Å². The van der Waals surface area contributed by atoms with Gasteiger partial charge in [0, 0.05) is 43.7 Å². The monoisotopic (exact) mass is 352 g/mol. The molecular formula is C20H24N4O2. The summed E-state index contributed by atoms with van der Waals surface area (Å²) in [5.41, 5.74) is 2.12. The molecule has 0 aliphatic heterocycles. The molecule has 6 heteroatoms. The molecule has 0 fully saturated rings. The summed E-state index contributed by atoms with van der Waals surface area (Å²) in [7, 11) is 1.91. The van der Waals surface area contributed by atoms with Crippen LogP contribution in [0.15, 0.2) is 55.0 Å². The molecule has 0 saturated carbocycles.